The third kappa shape index (κ3) is 2.72. The fourth-order valence-corrected chi connectivity index (χ4v) is 1.92. The lowest BCUT2D eigenvalue weighted by molar-refractivity contribution is 0.206. The zero-order valence-corrected chi connectivity index (χ0v) is 11.2. The number of hydrogen-bond donors (Lipinski definition) is 0. The first-order valence-electron chi connectivity index (χ1n) is 5.25. The predicted octanol–water partition coefficient (Wildman–Crippen LogP) is 3.44. The molecule has 5 heteroatoms. The largest absolute Gasteiger partial charge is 0.474 e. The summed E-state index contributed by atoms with van der Waals surface area (Å²) in [6.45, 7) is 3.36. The van der Waals surface area contributed by atoms with Crippen LogP contribution in [0.5, 0.6) is 5.88 Å². The van der Waals surface area contributed by atoms with Crippen molar-refractivity contribution < 1.29 is 9.13 Å². The van der Waals surface area contributed by atoms with Crippen LogP contribution in [0, 0.1) is 6.92 Å². The van der Waals surface area contributed by atoms with Gasteiger partial charge in [0.1, 0.15) is 12.8 Å². The van der Waals surface area contributed by atoms with Gasteiger partial charge in [0.15, 0.2) is 0 Å². The molecule has 2 rings (SSSR count). The summed E-state index contributed by atoms with van der Waals surface area (Å²) in [6, 6.07) is 1.94. The molecule has 0 N–H and O–H groups in total. The fourth-order valence-electron chi connectivity index (χ4n) is 1.49. The molecule has 17 heavy (non-hydrogen) atoms. The molecule has 0 spiro atoms. The van der Waals surface area contributed by atoms with E-state index in [4.69, 9.17) is 4.74 Å². The molecule has 0 fully saturated rings. The van der Waals surface area contributed by atoms with Crippen molar-refractivity contribution in [2.24, 2.45) is 0 Å². The molecule has 90 valence electrons. The smallest absolute Gasteiger partial charge is 0.223 e. The van der Waals surface area contributed by atoms with Gasteiger partial charge in [-0.3, -0.25) is 4.98 Å². The molecule has 0 radical (unpaired) electrons. The van der Waals surface area contributed by atoms with Crippen LogP contribution in [-0.4, -0.2) is 22.7 Å². The Labute approximate surface area is 107 Å². The number of hydrogen-bond acceptors (Lipinski definition) is 3. The number of pyridine rings is 2. The third-order valence-electron chi connectivity index (χ3n) is 2.27. The van der Waals surface area contributed by atoms with Crippen LogP contribution >= 0.6 is 15.9 Å². The lowest BCUT2D eigenvalue weighted by atomic mass is 10.2. The first-order valence-corrected chi connectivity index (χ1v) is 6.05. The highest BCUT2D eigenvalue weighted by molar-refractivity contribution is 9.10. The normalized spacial score (nSPS) is 12.7. The van der Waals surface area contributed by atoms with Crippen molar-refractivity contribution in [1.29, 1.82) is 0 Å². The van der Waals surface area contributed by atoms with E-state index in [0.717, 1.165) is 20.9 Å². The van der Waals surface area contributed by atoms with E-state index < -0.39 is 6.17 Å². The Morgan fingerprint density at radius 3 is 2.82 bits per heavy atom. The maximum absolute atomic E-state index is 12.8. The van der Waals surface area contributed by atoms with E-state index in [9.17, 15) is 4.39 Å². The first kappa shape index (κ1) is 12.2. The molecule has 2 aromatic rings. The monoisotopic (exact) mass is 298 g/mol. The van der Waals surface area contributed by atoms with Crippen molar-refractivity contribution in [2.75, 3.05) is 6.61 Å². The second kappa shape index (κ2) is 4.96. The van der Waals surface area contributed by atoms with E-state index in [-0.39, 0.29) is 6.61 Å². The SMILES string of the molecule is Cc1cc2c(Br)cnc(OCC(C)F)c2cn1. The van der Waals surface area contributed by atoms with Gasteiger partial charge in [-0.25, -0.2) is 9.37 Å². The maximum atomic E-state index is 12.8. The highest BCUT2D eigenvalue weighted by Gasteiger charge is 2.09. The minimum Gasteiger partial charge on any atom is -0.474 e. The Morgan fingerprint density at radius 2 is 2.12 bits per heavy atom. The number of fused-ring (bicyclic) bond motifs is 1. The number of alkyl halides is 1. The highest BCUT2D eigenvalue weighted by atomic mass is 79.9. The second-order valence-electron chi connectivity index (χ2n) is 3.87. The molecular formula is C12H12BrFN2O. The van der Waals surface area contributed by atoms with Gasteiger partial charge in [-0.15, -0.1) is 0 Å². The minimum absolute atomic E-state index is 0.00237. The Morgan fingerprint density at radius 1 is 1.35 bits per heavy atom. The number of ether oxygens (including phenoxy) is 1. The summed E-state index contributed by atoms with van der Waals surface area (Å²) in [4.78, 5) is 8.33. The molecule has 0 aromatic carbocycles. The Bertz CT molecular complexity index is 545. The van der Waals surface area contributed by atoms with E-state index in [1.807, 2.05) is 13.0 Å². The van der Waals surface area contributed by atoms with Crippen molar-refractivity contribution in [1.82, 2.24) is 9.97 Å². The molecule has 2 heterocycles. The second-order valence-corrected chi connectivity index (χ2v) is 4.73. The quantitative estimate of drug-likeness (QED) is 0.871. The van der Waals surface area contributed by atoms with Crippen LogP contribution < -0.4 is 4.74 Å². The third-order valence-corrected chi connectivity index (χ3v) is 2.91. The van der Waals surface area contributed by atoms with Gasteiger partial charge in [0, 0.05) is 27.9 Å². The fraction of sp³-hybridized carbons (Fsp3) is 0.333. The van der Waals surface area contributed by atoms with Crippen LogP contribution in [0.3, 0.4) is 0 Å². The summed E-state index contributed by atoms with van der Waals surface area (Å²) in [6.07, 6.45) is 2.33. The molecule has 0 aliphatic carbocycles. The topological polar surface area (TPSA) is 35.0 Å². The summed E-state index contributed by atoms with van der Waals surface area (Å²) in [5, 5.41) is 1.75. The van der Waals surface area contributed by atoms with Gasteiger partial charge in [-0.1, -0.05) is 0 Å². The number of halogens is 2. The van der Waals surface area contributed by atoms with E-state index >= 15 is 0 Å². The van der Waals surface area contributed by atoms with Crippen molar-refractivity contribution in [2.45, 2.75) is 20.0 Å². The molecule has 3 nitrogen and oxygen atoms in total. The van der Waals surface area contributed by atoms with Crippen LogP contribution in [-0.2, 0) is 0 Å². The van der Waals surface area contributed by atoms with Gasteiger partial charge in [0.2, 0.25) is 5.88 Å². The maximum Gasteiger partial charge on any atom is 0.223 e. The zero-order valence-electron chi connectivity index (χ0n) is 9.58. The highest BCUT2D eigenvalue weighted by Crippen LogP contribution is 2.29. The summed E-state index contributed by atoms with van der Waals surface area (Å²) < 4.78 is 19.0. The molecule has 0 saturated carbocycles. The summed E-state index contributed by atoms with van der Waals surface area (Å²) >= 11 is 3.43. The predicted molar refractivity (Wildman–Crippen MR) is 68.0 cm³/mol. The lowest BCUT2D eigenvalue weighted by Crippen LogP contribution is -2.09. The van der Waals surface area contributed by atoms with E-state index in [1.54, 1.807) is 12.4 Å². The van der Waals surface area contributed by atoms with Crippen molar-refractivity contribution in [3.63, 3.8) is 0 Å². The molecule has 1 atom stereocenters. The van der Waals surface area contributed by atoms with Crippen molar-refractivity contribution >= 4 is 26.7 Å². The minimum atomic E-state index is -1.02. The van der Waals surface area contributed by atoms with E-state index in [0.29, 0.717) is 5.88 Å². The molecule has 0 aliphatic rings. The zero-order chi connectivity index (χ0) is 12.4. The summed E-state index contributed by atoms with van der Waals surface area (Å²) in [5.74, 6) is 0.417. The van der Waals surface area contributed by atoms with Gasteiger partial charge in [-0.05, 0) is 35.8 Å². The van der Waals surface area contributed by atoms with E-state index in [2.05, 4.69) is 25.9 Å². The molecule has 0 amide bonds. The Kier molecular flexibility index (Phi) is 3.57. The van der Waals surface area contributed by atoms with Crippen molar-refractivity contribution in [3.05, 3.63) is 28.6 Å². The average Bonchev–Trinajstić information content (AvgIpc) is 2.28. The van der Waals surface area contributed by atoms with Crippen LogP contribution in [0.2, 0.25) is 0 Å². The van der Waals surface area contributed by atoms with Crippen LogP contribution in [0.25, 0.3) is 10.8 Å². The summed E-state index contributed by atoms with van der Waals surface area (Å²) in [5.41, 5.74) is 0.911. The molecular weight excluding hydrogens is 287 g/mol. The van der Waals surface area contributed by atoms with Crippen LogP contribution in [0.4, 0.5) is 4.39 Å². The lowest BCUT2D eigenvalue weighted by Gasteiger charge is -2.09. The van der Waals surface area contributed by atoms with Crippen LogP contribution in [0.15, 0.2) is 22.9 Å². The summed E-state index contributed by atoms with van der Waals surface area (Å²) in [7, 11) is 0. The van der Waals surface area contributed by atoms with Gasteiger partial charge < -0.3 is 4.74 Å². The molecule has 0 saturated heterocycles. The number of aryl methyl sites for hydroxylation is 1. The van der Waals surface area contributed by atoms with Gasteiger partial charge in [0.05, 0.1) is 5.39 Å². The number of aromatic nitrogens is 2. The van der Waals surface area contributed by atoms with Crippen LogP contribution in [0.1, 0.15) is 12.6 Å². The number of nitrogens with zero attached hydrogens (tertiary/aromatic N) is 2. The molecule has 1 unspecified atom stereocenters. The Hall–Kier alpha value is -1.23. The molecule has 0 aliphatic heterocycles. The average molecular weight is 299 g/mol. The van der Waals surface area contributed by atoms with Crippen molar-refractivity contribution in [3.8, 4) is 5.88 Å². The van der Waals surface area contributed by atoms with Gasteiger partial charge in [-0.2, -0.15) is 0 Å². The number of rotatable bonds is 3. The van der Waals surface area contributed by atoms with Gasteiger partial charge >= 0.3 is 0 Å². The molecule has 2 aromatic heterocycles. The Balaban J connectivity index is 2.47. The first-order chi connectivity index (χ1) is 8.08. The molecule has 0 bridgehead atoms. The standard InChI is InChI=1S/C12H12BrFN2O/c1-7(14)6-17-12-10-4-15-8(2)3-9(10)11(13)5-16-12/h3-5,7H,6H2,1-2H3. The van der Waals surface area contributed by atoms with E-state index in [1.165, 1.54) is 6.92 Å². The van der Waals surface area contributed by atoms with Gasteiger partial charge in [0.25, 0.3) is 0 Å².